The maximum absolute atomic E-state index is 13.6. The van der Waals surface area contributed by atoms with Gasteiger partial charge < -0.3 is 15.4 Å². The van der Waals surface area contributed by atoms with E-state index in [0.29, 0.717) is 12.6 Å². The van der Waals surface area contributed by atoms with Gasteiger partial charge in [-0.05, 0) is 31.5 Å². The van der Waals surface area contributed by atoms with Gasteiger partial charge in [-0.3, -0.25) is 19.1 Å². The first-order valence-corrected chi connectivity index (χ1v) is 10.5. The summed E-state index contributed by atoms with van der Waals surface area (Å²) in [6.07, 6.45) is 0. The number of aromatic nitrogens is 2. The molecule has 0 atom stereocenters. The van der Waals surface area contributed by atoms with Crippen LogP contribution >= 0.6 is 0 Å². The van der Waals surface area contributed by atoms with Crippen LogP contribution in [-0.2, 0) is 27.4 Å². The second-order valence-corrected chi connectivity index (χ2v) is 7.54. The minimum atomic E-state index is -1.05. The molecule has 10 heteroatoms. The molecule has 0 aliphatic heterocycles. The van der Waals surface area contributed by atoms with E-state index in [1.165, 1.54) is 0 Å². The number of hydrogen-bond acceptors (Lipinski definition) is 5. The monoisotopic (exact) mass is 470 g/mol. The topological polar surface area (TPSA) is 102 Å². The van der Waals surface area contributed by atoms with Crippen molar-refractivity contribution in [2.45, 2.75) is 26.9 Å². The van der Waals surface area contributed by atoms with Crippen LogP contribution in [0.1, 0.15) is 32.9 Å². The average Bonchev–Trinajstić information content (AvgIpc) is 3.07. The van der Waals surface area contributed by atoms with Crippen LogP contribution in [0, 0.1) is 25.5 Å². The zero-order chi connectivity index (χ0) is 24.7. The molecular formula is C24H24F2N4O4. The summed E-state index contributed by atoms with van der Waals surface area (Å²) in [4.78, 5) is 35.8. The number of benzene rings is 2. The van der Waals surface area contributed by atoms with E-state index in [0.717, 1.165) is 34.6 Å². The van der Waals surface area contributed by atoms with E-state index >= 15 is 0 Å². The van der Waals surface area contributed by atoms with Gasteiger partial charge in [0.1, 0.15) is 18.2 Å². The number of nitrogens with zero attached hydrogens (tertiary/aromatic N) is 2. The van der Waals surface area contributed by atoms with E-state index in [2.05, 4.69) is 15.7 Å². The van der Waals surface area contributed by atoms with Crippen molar-refractivity contribution in [1.82, 2.24) is 20.4 Å². The standard InChI is InChI=1S/C24H24F2N4O4/c1-15-20(16(2)30(29-15)13-17-6-4-3-5-7-17)11-27-22(31)14-34-23(32)12-28-24(33)19-9-8-18(25)10-21(19)26/h3-10H,11-14H2,1-2H3,(H,27,31)(H,28,33). The van der Waals surface area contributed by atoms with Crippen LogP contribution in [0.3, 0.4) is 0 Å². The van der Waals surface area contributed by atoms with Crippen LogP contribution in [0.4, 0.5) is 8.78 Å². The molecule has 2 aromatic carbocycles. The maximum atomic E-state index is 13.6. The maximum Gasteiger partial charge on any atom is 0.325 e. The first-order valence-electron chi connectivity index (χ1n) is 10.5. The number of esters is 1. The number of carbonyl (C=O) groups is 3. The fraction of sp³-hybridized carbons (Fsp3) is 0.250. The van der Waals surface area contributed by atoms with Gasteiger partial charge in [0, 0.05) is 23.9 Å². The summed E-state index contributed by atoms with van der Waals surface area (Å²) < 4.78 is 33.2. The van der Waals surface area contributed by atoms with Gasteiger partial charge in [-0.1, -0.05) is 30.3 Å². The Bertz CT molecular complexity index is 1200. The first kappa shape index (κ1) is 24.6. The van der Waals surface area contributed by atoms with Crippen molar-refractivity contribution >= 4 is 17.8 Å². The number of carbonyl (C=O) groups excluding carboxylic acids is 3. The van der Waals surface area contributed by atoms with Crippen molar-refractivity contribution in [2.24, 2.45) is 0 Å². The zero-order valence-corrected chi connectivity index (χ0v) is 18.7. The third-order valence-electron chi connectivity index (χ3n) is 5.10. The van der Waals surface area contributed by atoms with Gasteiger partial charge in [-0.15, -0.1) is 0 Å². The van der Waals surface area contributed by atoms with Crippen LogP contribution in [0.15, 0.2) is 48.5 Å². The Kier molecular flexibility index (Phi) is 8.07. The summed E-state index contributed by atoms with van der Waals surface area (Å²) in [5, 5.41) is 9.36. The van der Waals surface area contributed by atoms with Crippen molar-refractivity contribution in [1.29, 1.82) is 0 Å². The van der Waals surface area contributed by atoms with Gasteiger partial charge in [-0.2, -0.15) is 5.10 Å². The molecular weight excluding hydrogens is 446 g/mol. The molecule has 0 radical (unpaired) electrons. The molecule has 1 heterocycles. The normalized spacial score (nSPS) is 10.6. The molecule has 2 N–H and O–H groups in total. The van der Waals surface area contributed by atoms with Gasteiger partial charge in [0.2, 0.25) is 0 Å². The molecule has 0 aliphatic carbocycles. The Morgan fingerprint density at radius 3 is 2.47 bits per heavy atom. The Morgan fingerprint density at radius 1 is 1.03 bits per heavy atom. The lowest BCUT2D eigenvalue weighted by atomic mass is 10.2. The Balaban J connectivity index is 1.43. The lowest BCUT2D eigenvalue weighted by Gasteiger charge is -2.09. The highest BCUT2D eigenvalue weighted by Crippen LogP contribution is 2.15. The summed E-state index contributed by atoms with van der Waals surface area (Å²) in [7, 11) is 0. The van der Waals surface area contributed by atoms with Crippen LogP contribution in [0.25, 0.3) is 0 Å². The predicted molar refractivity (Wildman–Crippen MR) is 119 cm³/mol. The molecule has 1 aromatic heterocycles. The van der Waals surface area contributed by atoms with Crippen molar-refractivity contribution in [3.8, 4) is 0 Å². The molecule has 178 valence electrons. The highest BCUT2D eigenvalue weighted by atomic mass is 19.1. The number of hydrogen-bond donors (Lipinski definition) is 2. The molecule has 0 bridgehead atoms. The summed E-state index contributed by atoms with van der Waals surface area (Å²) in [5.74, 6) is -4.19. The van der Waals surface area contributed by atoms with Crippen LogP contribution in [0.5, 0.6) is 0 Å². The highest BCUT2D eigenvalue weighted by molar-refractivity contribution is 5.96. The van der Waals surface area contributed by atoms with Crippen molar-refractivity contribution < 1.29 is 27.9 Å². The summed E-state index contributed by atoms with van der Waals surface area (Å²) in [6.45, 7) is 3.46. The van der Waals surface area contributed by atoms with E-state index in [1.54, 1.807) is 0 Å². The number of amides is 2. The molecule has 3 rings (SSSR count). The molecule has 0 saturated heterocycles. The summed E-state index contributed by atoms with van der Waals surface area (Å²) in [6, 6.07) is 12.3. The summed E-state index contributed by atoms with van der Waals surface area (Å²) in [5.41, 5.74) is 3.25. The molecule has 3 aromatic rings. The second-order valence-electron chi connectivity index (χ2n) is 7.54. The van der Waals surface area contributed by atoms with E-state index < -0.39 is 48.1 Å². The molecule has 0 saturated carbocycles. The Labute approximate surface area is 194 Å². The van der Waals surface area contributed by atoms with Gasteiger partial charge in [-0.25, -0.2) is 8.78 Å². The SMILES string of the molecule is Cc1nn(Cc2ccccc2)c(C)c1CNC(=O)COC(=O)CNC(=O)c1ccc(F)cc1F. The van der Waals surface area contributed by atoms with Crippen LogP contribution in [0.2, 0.25) is 0 Å². The quantitative estimate of drug-likeness (QED) is 0.468. The van der Waals surface area contributed by atoms with E-state index in [4.69, 9.17) is 4.74 Å². The first-order chi connectivity index (χ1) is 16.2. The highest BCUT2D eigenvalue weighted by Gasteiger charge is 2.16. The van der Waals surface area contributed by atoms with E-state index in [1.807, 2.05) is 48.9 Å². The molecule has 0 aliphatic rings. The number of ether oxygens (including phenoxy) is 1. The Morgan fingerprint density at radius 2 is 1.76 bits per heavy atom. The largest absolute Gasteiger partial charge is 0.454 e. The van der Waals surface area contributed by atoms with Gasteiger partial charge in [0.25, 0.3) is 11.8 Å². The van der Waals surface area contributed by atoms with Gasteiger partial charge in [0.15, 0.2) is 6.61 Å². The third kappa shape index (κ3) is 6.47. The third-order valence-corrected chi connectivity index (χ3v) is 5.10. The van der Waals surface area contributed by atoms with Crippen molar-refractivity contribution in [3.63, 3.8) is 0 Å². The molecule has 0 unspecified atom stereocenters. The summed E-state index contributed by atoms with van der Waals surface area (Å²) >= 11 is 0. The number of nitrogens with one attached hydrogen (secondary N) is 2. The fourth-order valence-electron chi connectivity index (χ4n) is 3.26. The smallest absolute Gasteiger partial charge is 0.325 e. The predicted octanol–water partition coefficient (Wildman–Crippen LogP) is 2.42. The average molecular weight is 470 g/mol. The van der Waals surface area contributed by atoms with Crippen molar-refractivity contribution in [3.05, 3.63) is 88.2 Å². The minimum absolute atomic E-state index is 0.212. The van der Waals surface area contributed by atoms with Crippen molar-refractivity contribution in [2.75, 3.05) is 13.2 Å². The van der Waals surface area contributed by atoms with E-state index in [-0.39, 0.29) is 6.54 Å². The minimum Gasteiger partial charge on any atom is -0.454 e. The molecule has 2 amide bonds. The second kappa shape index (κ2) is 11.2. The number of aryl methyl sites for hydroxylation is 1. The van der Waals surface area contributed by atoms with Crippen LogP contribution < -0.4 is 10.6 Å². The lowest BCUT2D eigenvalue weighted by Crippen LogP contribution is -2.34. The molecule has 0 fully saturated rings. The van der Waals surface area contributed by atoms with Crippen LogP contribution in [-0.4, -0.2) is 40.7 Å². The fourth-order valence-corrected chi connectivity index (χ4v) is 3.26. The van der Waals surface area contributed by atoms with E-state index in [9.17, 15) is 23.2 Å². The lowest BCUT2D eigenvalue weighted by molar-refractivity contribution is -0.147. The molecule has 8 nitrogen and oxygen atoms in total. The Hall–Kier alpha value is -4.08. The number of rotatable bonds is 9. The van der Waals surface area contributed by atoms with Gasteiger partial charge >= 0.3 is 5.97 Å². The van der Waals surface area contributed by atoms with Gasteiger partial charge in [0.05, 0.1) is 17.8 Å². The zero-order valence-electron chi connectivity index (χ0n) is 18.7. The number of halogens is 2. The molecule has 0 spiro atoms. The molecule has 34 heavy (non-hydrogen) atoms.